The minimum atomic E-state index is -0.120. The molecular weight excluding hydrogens is 344 g/mol. The Morgan fingerprint density at radius 1 is 1.38 bits per heavy atom. The maximum atomic E-state index is 11.6. The monoisotopic (exact) mass is 356 g/mol. The van der Waals surface area contributed by atoms with Gasteiger partial charge in [0.1, 0.15) is 4.32 Å². The van der Waals surface area contributed by atoms with E-state index >= 15 is 0 Å². The molecule has 0 aromatic carbocycles. The number of carbonyl (C=O) groups excluding carboxylic acids is 1. The van der Waals surface area contributed by atoms with Gasteiger partial charge in [-0.2, -0.15) is 0 Å². The van der Waals surface area contributed by atoms with E-state index in [0.717, 1.165) is 9.88 Å². The van der Waals surface area contributed by atoms with Gasteiger partial charge in [-0.1, -0.05) is 24.0 Å². The molecule has 0 bridgehead atoms. The Balaban J connectivity index is 1.86. The molecule has 0 unspecified atom stereocenters. The molecule has 1 aliphatic heterocycles. The van der Waals surface area contributed by atoms with Gasteiger partial charge in [-0.3, -0.25) is 4.79 Å². The molecule has 3 rings (SSSR count). The lowest BCUT2D eigenvalue weighted by Gasteiger charge is -2.14. The molecule has 110 valence electrons. The van der Waals surface area contributed by atoms with Gasteiger partial charge in [-0.25, -0.2) is 0 Å². The molecule has 1 saturated heterocycles. The Bertz CT molecular complexity index is 715. The summed E-state index contributed by atoms with van der Waals surface area (Å²) in [6.45, 7) is 0.768. The van der Waals surface area contributed by atoms with Gasteiger partial charge < -0.3 is 15.3 Å². The van der Waals surface area contributed by atoms with Crippen LogP contribution in [0.5, 0.6) is 0 Å². The number of aliphatic hydroxyl groups excluding tert-OH is 1. The fourth-order valence-corrected chi connectivity index (χ4v) is 5.35. The normalized spacial score (nSPS) is 17.0. The van der Waals surface area contributed by atoms with Crippen LogP contribution in [0, 0.1) is 0 Å². The van der Waals surface area contributed by atoms with Gasteiger partial charge in [0.05, 0.1) is 16.5 Å². The fraction of sp³-hybridized carbons (Fsp3) is 0.231. The number of anilines is 1. The molecule has 1 aliphatic rings. The third kappa shape index (κ3) is 3.14. The lowest BCUT2D eigenvalue weighted by atomic mass is 10.4. The van der Waals surface area contributed by atoms with E-state index in [1.54, 1.807) is 22.7 Å². The van der Waals surface area contributed by atoms with Crippen molar-refractivity contribution in [3.05, 3.63) is 21.9 Å². The largest absolute Gasteiger partial charge is 0.395 e. The summed E-state index contributed by atoms with van der Waals surface area (Å²) in [6, 6.07) is 4.21. The molecule has 1 amide bonds. The molecule has 0 aliphatic carbocycles. The lowest BCUT2D eigenvalue weighted by molar-refractivity contribution is -0.115. The minimum absolute atomic E-state index is 0.120. The van der Waals surface area contributed by atoms with E-state index in [2.05, 4.69) is 17.4 Å². The second kappa shape index (κ2) is 6.05. The number of likely N-dealkylation sites (N-methyl/N-ethyl adjacent to an activating group) is 1. The number of nitrogens with zero attached hydrogens (tertiary/aromatic N) is 1. The van der Waals surface area contributed by atoms with Crippen LogP contribution in [-0.4, -0.2) is 35.5 Å². The molecule has 1 fully saturated rings. The summed E-state index contributed by atoms with van der Waals surface area (Å²) in [4.78, 5) is 15.4. The van der Waals surface area contributed by atoms with Crippen LogP contribution in [0.4, 0.5) is 5.00 Å². The predicted molar refractivity (Wildman–Crippen MR) is 96.4 cm³/mol. The van der Waals surface area contributed by atoms with Crippen LogP contribution in [0.2, 0.25) is 0 Å². The Morgan fingerprint density at radius 2 is 2.14 bits per heavy atom. The Morgan fingerprint density at radius 3 is 2.76 bits per heavy atom. The molecule has 4 nitrogen and oxygen atoms in total. The number of hydrogen-bond donors (Lipinski definition) is 2. The summed E-state index contributed by atoms with van der Waals surface area (Å²) >= 11 is 9.62. The van der Waals surface area contributed by atoms with Crippen LogP contribution >= 0.6 is 46.7 Å². The standard InChI is InChI=1S/C13H12N2O2S4/c1-15(2-3-16)11-6-9-8(20-11)4-7(19-9)5-10-12(17)14-13(18)21-10/h4-6,16H,2-3H2,1H3,(H,14,17,18)/b10-5-. The number of thiophene rings is 2. The highest BCUT2D eigenvalue weighted by molar-refractivity contribution is 8.26. The molecular formula is C13H12N2O2S4. The van der Waals surface area contributed by atoms with Crippen molar-refractivity contribution in [2.24, 2.45) is 0 Å². The predicted octanol–water partition coefficient (Wildman–Crippen LogP) is 2.88. The maximum Gasteiger partial charge on any atom is 0.263 e. The van der Waals surface area contributed by atoms with E-state index in [1.807, 2.05) is 18.0 Å². The van der Waals surface area contributed by atoms with Gasteiger partial charge in [-0.15, -0.1) is 22.7 Å². The number of nitrogens with one attached hydrogen (secondary N) is 1. The maximum absolute atomic E-state index is 11.6. The summed E-state index contributed by atoms with van der Waals surface area (Å²) in [6.07, 6.45) is 1.88. The zero-order chi connectivity index (χ0) is 15.0. The van der Waals surface area contributed by atoms with Crippen LogP contribution in [-0.2, 0) is 4.79 Å². The van der Waals surface area contributed by atoms with Gasteiger partial charge in [0.2, 0.25) is 0 Å². The lowest BCUT2D eigenvalue weighted by Crippen LogP contribution is -2.19. The van der Waals surface area contributed by atoms with Gasteiger partial charge >= 0.3 is 0 Å². The number of rotatable bonds is 4. The molecule has 8 heteroatoms. The van der Waals surface area contributed by atoms with Crippen molar-refractivity contribution in [3.8, 4) is 0 Å². The summed E-state index contributed by atoms with van der Waals surface area (Å²) in [7, 11) is 1.97. The SMILES string of the molecule is CN(CCO)c1cc2sc(/C=C3\SC(=S)NC3=O)cc2s1. The van der Waals surface area contributed by atoms with E-state index in [4.69, 9.17) is 17.3 Å². The Labute approximate surface area is 139 Å². The highest BCUT2D eigenvalue weighted by Crippen LogP contribution is 2.39. The number of amides is 1. The molecule has 0 spiro atoms. The number of aliphatic hydroxyl groups is 1. The van der Waals surface area contributed by atoms with E-state index in [1.165, 1.54) is 21.2 Å². The number of thioether (sulfide) groups is 1. The summed E-state index contributed by atoms with van der Waals surface area (Å²) in [5.74, 6) is -0.120. The molecule has 2 N–H and O–H groups in total. The van der Waals surface area contributed by atoms with E-state index < -0.39 is 0 Å². The second-order valence-corrected chi connectivity index (χ2v) is 8.36. The Kier molecular flexibility index (Phi) is 4.32. The van der Waals surface area contributed by atoms with E-state index in [-0.39, 0.29) is 12.5 Å². The summed E-state index contributed by atoms with van der Waals surface area (Å²) in [5, 5.41) is 12.7. The summed E-state index contributed by atoms with van der Waals surface area (Å²) < 4.78 is 2.90. The van der Waals surface area contributed by atoms with Gasteiger partial charge in [0.25, 0.3) is 5.91 Å². The van der Waals surface area contributed by atoms with E-state index in [0.29, 0.717) is 15.8 Å². The minimum Gasteiger partial charge on any atom is -0.395 e. The zero-order valence-electron chi connectivity index (χ0n) is 11.1. The van der Waals surface area contributed by atoms with Crippen molar-refractivity contribution in [2.45, 2.75) is 0 Å². The van der Waals surface area contributed by atoms with E-state index in [9.17, 15) is 4.79 Å². The number of hydrogen-bond acceptors (Lipinski definition) is 7. The third-order valence-corrected chi connectivity index (χ3v) is 6.46. The second-order valence-electron chi connectivity index (χ2n) is 4.46. The smallest absolute Gasteiger partial charge is 0.263 e. The first-order chi connectivity index (χ1) is 10.1. The summed E-state index contributed by atoms with van der Waals surface area (Å²) in [5.41, 5.74) is 0. The molecule has 0 saturated carbocycles. The number of fused-ring (bicyclic) bond motifs is 1. The van der Waals surface area contributed by atoms with Crippen LogP contribution in [0.3, 0.4) is 0 Å². The van der Waals surface area contributed by atoms with Gasteiger partial charge in [0.15, 0.2) is 0 Å². The average molecular weight is 357 g/mol. The van der Waals surface area contributed by atoms with Crippen molar-refractivity contribution in [2.75, 3.05) is 25.1 Å². The molecule has 0 radical (unpaired) electrons. The molecule has 2 aromatic rings. The highest BCUT2D eigenvalue weighted by atomic mass is 32.2. The first-order valence-corrected chi connectivity index (χ1v) is 9.03. The van der Waals surface area contributed by atoms with Crippen LogP contribution in [0.25, 0.3) is 15.5 Å². The number of thiocarbonyl (C=S) groups is 1. The zero-order valence-corrected chi connectivity index (χ0v) is 14.3. The first kappa shape index (κ1) is 15.0. The first-order valence-electron chi connectivity index (χ1n) is 6.17. The topological polar surface area (TPSA) is 52.6 Å². The molecule has 2 aromatic heterocycles. The highest BCUT2D eigenvalue weighted by Gasteiger charge is 2.22. The molecule has 0 atom stereocenters. The van der Waals surface area contributed by atoms with Crippen molar-refractivity contribution < 1.29 is 9.90 Å². The Hall–Kier alpha value is -0.930. The van der Waals surface area contributed by atoms with Crippen molar-refractivity contribution in [3.63, 3.8) is 0 Å². The van der Waals surface area contributed by atoms with Crippen molar-refractivity contribution in [1.29, 1.82) is 0 Å². The van der Waals surface area contributed by atoms with Crippen LogP contribution in [0.15, 0.2) is 17.0 Å². The average Bonchev–Trinajstić information content (AvgIpc) is 3.04. The van der Waals surface area contributed by atoms with Crippen LogP contribution in [0.1, 0.15) is 4.88 Å². The number of carbonyl (C=O) groups is 1. The van der Waals surface area contributed by atoms with Gasteiger partial charge in [0, 0.05) is 27.9 Å². The fourth-order valence-electron chi connectivity index (χ4n) is 1.91. The van der Waals surface area contributed by atoms with Gasteiger partial charge in [-0.05, 0) is 18.2 Å². The quantitative estimate of drug-likeness (QED) is 0.652. The third-order valence-electron chi connectivity index (χ3n) is 2.94. The van der Waals surface area contributed by atoms with Crippen molar-refractivity contribution in [1.82, 2.24) is 5.32 Å². The molecule has 21 heavy (non-hydrogen) atoms. The molecule has 3 heterocycles. The van der Waals surface area contributed by atoms with Crippen LogP contribution < -0.4 is 10.2 Å². The van der Waals surface area contributed by atoms with Crippen molar-refractivity contribution >= 4 is 77.4 Å².